The zero-order valence-corrected chi connectivity index (χ0v) is 37.8. The number of aromatic nitrogens is 5. The van der Waals surface area contributed by atoms with Gasteiger partial charge in [0.15, 0.2) is 11.6 Å². The van der Waals surface area contributed by atoms with Crippen molar-refractivity contribution in [1.29, 1.82) is 0 Å². The normalized spacial score (nSPS) is 12.1. The first kappa shape index (κ1) is 38.2. The third-order valence-corrected chi connectivity index (χ3v) is 15.3. The van der Waals surface area contributed by atoms with Crippen LogP contribution in [-0.2, 0) is 0 Å². The lowest BCUT2D eigenvalue weighted by molar-refractivity contribution is 0.954. The predicted octanol–water partition coefficient (Wildman–Crippen LogP) is 16.9. The van der Waals surface area contributed by atoms with E-state index in [4.69, 9.17) is 15.0 Å². The molecule has 15 aromatic rings. The lowest BCUT2D eigenvalue weighted by Gasteiger charge is -2.16. The summed E-state index contributed by atoms with van der Waals surface area (Å²) in [7, 11) is 0. The smallest absolute Gasteiger partial charge is 0.238 e. The van der Waals surface area contributed by atoms with Gasteiger partial charge in [-0.3, -0.25) is 4.57 Å². The van der Waals surface area contributed by atoms with E-state index in [1.807, 2.05) is 29.5 Å². The molecule has 15 rings (SSSR count). The second-order valence-electron chi connectivity index (χ2n) is 17.9. The molecule has 0 aliphatic rings. The van der Waals surface area contributed by atoms with E-state index in [1.165, 1.54) is 68.8 Å². The quantitative estimate of drug-likeness (QED) is 0.162. The van der Waals surface area contributed by atoms with Crippen molar-refractivity contribution < 1.29 is 0 Å². The Kier molecular flexibility index (Phi) is 8.17. The molecule has 0 unspecified atom stereocenters. The first-order valence-corrected chi connectivity index (χ1v) is 24.2. The predicted molar refractivity (Wildman–Crippen MR) is 290 cm³/mol. The first-order valence-electron chi connectivity index (χ1n) is 23.3. The highest BCUT2D eigenvalue weighted by Gasteiger charge is 2.23. The Morgan fingerprint density at radius 1 is 0.275 bits per heavy atom. The first-order chi connectivity index (χ1) is 34.2. The van der Waals surface area contributed by atoms with Gasteiger partial charge in [0.2, 0.25) is 5.95 Å². The number of benzene rings is 11. The van der Waals surface area contributed by atoms with E-state index in [2.05, 4.69) is 215 Å². The fourth-order valence-electron chi connectivity index (χ4n) is 11.1. The molecule has 0 bridgehead atoms. The molecule has 11 aromatic carbocycles. The second-order valence-corrected chi connectivity index (χ2v) is 19.0. The number of thiophene rings is 1. The molecule has 5 nitrogen and oxygen atoms in total. The summed E-state index contributed by atoms with van der Waals surface area (Å²) < 4.78 is 7.21. The largest absolute Gasteiger partial charge is 0.309 e. The second kappa shape index (κ2) is 14.8. The summed E-state index contributed by atoms with van der Waals surface area (Å²) >= 11 is 1.81. The van der Waals surface area contributed by atoms with Crippen LogP contribution in [0.1, 0.15) is 0 Å². The van der Waals surface area contributed by atoms with Gasteiger partial charge in [-0.15, -0.1) is 11.3 Å². The number of fused-ring (bicyclic) bond motifs is 15. The summed E-state index contributed by atoms with van der Waals surface area (Å²) in [5.74, 6) is 1.82. The van der Waals surface area contributed by atoms with Gasteiger partial charge < -0.3 is 4.57 Å². The molecule has 6 heteroatoms. The number of hydrogen-bond acceptors (Lipinski definition) is 4. The van der Waals surface area contributed by atoms with Gasteiger partial charge in [-0.2, -0.15) is 9.97 Å². The Labute approximate surface area is 399 Å². The van der Waals surface area contributed by atoms with Gasteiger partial charge in [0.25, 0.3) is 0 Å². The van der Waals surface area contributed by atoms with Crippen LogP contribution < -0.4 is 0 Å². The molecular weight excluding hydrogens is 859 g/mol. The van der Waals surface area contributed by atoms with Gasteiger partial charge in [0.1, 0.15) is 0 Å². The minimum atomic E-state index is 0.568. The Balaban J connectivity index is 0.988. The highest BCUT2D eigenvalue weighted by Crippen LogP contribution is 2.43. The maximum atomic E-state index is 5.40. The topological polar surface area (TPSA) is 48.5 Å². The summed E-state index contributed by atoms with van der Waals surface area (Å²) in [4.78, 5) is 15.9. The summed E-state index contributed by atoms with van der Waals surface area (Å²) in [6.07, 6.45) is 0. The molecule has 0 fully saturated rings. The zero-order chi connectivity index (χ0) is 45.2. The maximum absolute atomic E-state index is 5.40. The highest BCUT2D eigenvalue weighted by atomic mass is 32.1. The summed E-state index contributed by atoms with van der Waals surface area (Å²) in [5.41, 5.74) is 9.61. The van der Waals surface area contributed by atoms with Crippen LogP contribution >= 0.6 is 11.3 Å². The van der Waals surface area contributed by atoms with Gasteiger partial charge in [-0.05, 0) is 98.5 Å². The monoisotopic (exact) mass is 895 g/mol. The molecule has 0 aliphatic heterocycles. The van der Waals surface area contributed by atoms with Gasteiger partial charge >= 0.3 is 0 Å². The molecule has 4 aromatic heterocycles. The van der Waals surface area contributed by atoms with Crippen molar-refractivity contribution in [2.75, 3.05) is 0 Å². The van der Waals surface area contributed by atoms with Crippen LogP contribution in [-0.4, -0.2) is 24.1 Å². The lowest BCUT2D eigenvalue weighted by atomic mass is 9.92. The Bertz CT molecular complexity index is 4580. The molecule has 0 amide bonds. The van der Waals surface area contributed by atoms with E-state index in [-0.39, 0.29) is 0 Å². The Hall–Kier alpha value is -8.97. The highest BCUT2D eigenvalue weighted by molar-refractivity contribution is 7.25. The number of hydrogen-bond donors (Lipinski definition) is 0. The van der Waals surface area contributed by atoms with Crippen LogP contribution in [0.15, 0.2) is 224 Å². The van der Waals surface area contributed by atoms with Crippen LogP contribution in [0.5, 0.6) is 0 Å². The molecule has 69 heavy (non-hydrogen) atoms. The fourth-order valence-corrected chi connectivity index (χ4v) is 12.2. The molecule has 0 N–H and O–H groups in total. The van der Waals surface area contributed by atoms with Gasteiger partial charge in [0.05, 0.1) is 27.8 Å². The van der Waals surface area contributed by atoms with Crippen molar-refractivity contribution in [2.24, 2.45) is 0 Å². The van der Waals surface area contributed by atoms with Gasteiger partial charge in [0, 0.05) is 58.4 Å². The standard InChI is InChI=1S/C63H37N5S/c1-2-16-38(17-3-1)61-64-62(40-31-33-60-53(35-40)49-25-11-15-29-59(49)69-60)66-63(65-61)68-56-28-14-10-24-48(56)52-36-51-47-23-9-13-27-55(47)67(57(51)37-58(52)68)54-26-12-8-18-41(54)39-30-32-46-44-21-5-4-19-42(44)43-20-6-7-22-45(43)50(46)34-39/h1-37H. The SMILES string of the molecule is c1ccc(-c2nc(-c3ccc4sc5ccccc5c4c3)nc(-n3c4ccccc4c4cc5c6ccccc6n(-c6ccccc6-c6ccc7c8ccccc8c8ccccc8c7c6)c5cc43)n2)cc1. The van der Waals surface area contributed by atoms with Crippen LogP contribution in [0.2, 0.25) is 0 Å². The van der Waals surface area contributed by atoms with Gasteiger partial charge in [-0.25, -0.2) is 4.98 Å². The van der Waals surface area contributed by atoms with Crippen LogP contribution in [0, 0.1) is 0 Å². The number of rotatable bonds is 5. The average molecular weight is 896 g/mol. The third kappa shape index (κ3) is 5.73. The van der Waals surface area contributed by atoms with Crippen LogP contribution in [0.25, 0.3) is 142 Å². The van der Waals surface area contributed by atoms with E-state index in [1.54, 1.807) is 0 Å². The minimum Gasteiger partial charge on any atom is -0.309 e. The van der Waals surface area contributed by atoms with Crippen molar-refractivity contribution >= 4 is 107 Å². The van der Waals surface area contributed by atoms with Crippen molar-refractivity contribution in [3.05, 3.63) is 224 Å². The molecular formula is C63H37N5S. The minimum absolute atomic E-state index is 0.568. The van der Waals surface area contributed by atoms with Gasteiger partial charge in [-0.1, -0.05) is 164 Å². The Morgan fingerprint density at radius 3 is 1.51 bits per heavy atom. The average Bonchev–Trinajstić information content (AvgIpc) is 4.07. The van der Waals surface area contributed by atoms with Crippen molar-refractivity contribution in [3.63, 3.8) is 0 Å². The molecule has 320 valence electrons. The number of nitrogens with zero attached hydrogens (tertiary/aromatic N) is 5. The maximum Gasteiger partial charge on any atom is 0.238 e. The number of para-hydroxylation sites is 3. The third-order valence-electron chi connectivity index (χ3n) is 14.2. The Morgan fingerprint density at radius 2 is 0.783 bits per heavy atom. The van der Waals surface area contributed by atoms with Crippen molar-refractivity contribution in [2.45, 2.75) is 0 Å². The molecule has 0 aliphatic carbocycles. The lowest BCUT2D eigenvalue weighted by Crippen LogP contribution is -2.06. The van der Waals surface area contributed by atoms with E-state index < -0.39 is 0 Å². The molecule has 0 atom stereocenters. The van der Waals surface area contributed by atoms with E-state index in [0.29, 0.717) is 17.6 Å². The summed E-state index contributed by atoms with van der Waals surface area (Å²) in [6.45, 7) is 0. The summed E-state index contributed by atoms with van der Waals surface area (Å²) in [6, 6.07) is 81.1. The molecule has 4 heterocycles. The molecule has 0 spiro atoms. The van der Waals surface area contributed by atoms with E-state index in [9.17, 15) is 0 Å². The van der Waals surface area contributed by atoms with Crippen LogP contribution in [0.4, 0.5) is 0 Å². The molecule has 0 saturated carbocycles. The van der Waals surface area contributed by atoms with Crippen LogP contribution in [0.3, 0.4) is 0 Å². The molecule has 0 radical (unpaired) electrons. The van der Waals surface area contributed by atoms with Crippen molar-refractivity contribution in [3.8, 4) is 45.5 Å². The van der Waals surface area contributed by atoms with E-state index >= 15 is 0 Å². The van der Waals surface area contributed by atoms with E-state index in [0.717, 1.165) is 55.2 Å². The fraction of sp³-hybridized carbons (Fsp3) is 0. The summed E-state index contributed by atoms with van der Waals surface area (Å²) in [5, 5.41) is 14.7. The zero-order valence-electron chi connectivity index (χ0n) is 37.0. The molecule has 0 saturated heterocycles. The van der Waals surface area contributed by atoms with Crippen molar-refractivity contribution in [1.82, 2.24) is 24.1 Å².